The van der Waals surface area contributed by atoms with E-state index in [1.165, 1.54) is 24.5 Å². The Morgan fingerprint density at radius 2 is 1.95 bits per heavy atom. The van der Waals surface area contributed by atoms with Crippen molar-refractivity contribution >= 4 is 11.6 Å². The van der Waals surface area contributed by atoms with E-state index < -0.39 is 0 Å². The molecule has 1 nitrogen and oxygen atoms in total. The molecular weight excluding hydrogens is 273 g/mol. The van der Waals surface area contributed by atoms with Crippen LogP contribution in [-0.4, -0.2) is 6.04 Å². The van der Waals surface area contributed by atoms with Gasteiger partial charge in [0, 0.05) is 18.2 Å². The first-order valence-corrected chi connectivity index (χ1v) is 7.30. The van der Waals surface area contributed by atoms with E-state index in [2.05, 4.69) is 11.4 Å². The van der Waals surface area contributed by atoms with Crippen molar-refractivity contribution < 1.29 is 4.39 Å². The van der Waals surface area contributed by atoms with E-state index in [1.807, 2.05) is 24.3 Å². The third-order valence-corrected chi connectivity index (χ3v) is 4.03. The van der Waals surface area contributed by atoms with Gasteiger partial charge >= 0.3 is 0 Å². The van der Waals surface area contributed by atoms with Gasteiger partial charge in [-0.05, 0) is 48.6 Å². The fourth-order valence-electron chi connectivity index (χ4n) is 2.34. The standard InChI is InChI=1S/C17H17ClFN/c1-11-8-15(16(18)9-17(11)19)14-5-3-2-4-12(14)10-20-13-6-7-13/h2-5,8-9,13,20H,6-7,10H2,1H3. The molecule has 3 rings (SSSR count). The molecule has 0 aliphatic heterocycles. The highest BCUT2D eigenvalue weighted by atomic mass is 35.5. The number of hydrogen-bond donors (Lipinski definition) is 1. The molecule has 2 aromatic rings. The Morgan fingerprint density at radius 3 is 2.70 bits per heavy atom. The van der Waals surface area contributed by atoms with Gasteiger partial charge in [0.1, 0.15) is 5.82 Å². The van der Waals surface area contributed by atoms with Gasteiger partial charge in [-0.1, -0.05) is 35.9 Å². The van der Waals surface area contributed by atoms with Crippen LogP contribution in [0.4, 0.5) is 4.39 Å². The molecular formula is C17H17ClFN. The normalized spacial score (nSPS) is 14.6. The number of hydrogen-bond acceptors (Lipinski definition) is 1. The second kappa shape index (κ2) is 5.55. The maximum Gasteiger partial charge on any atom is 0.127 e. The molecule has 0 atom stereocenters. The van der Waals surface area contributed by atoms with E-state index in [0.717, 1.165) is 17.7 Å². The minimum atomic E-state index is -0.257. The van der Waals surface area contributed by atoms with E-state index >= 15 is 0 Å². The first-order valence-electron chi connectivity index (χ1n) is 6.92. The molecule has 0 spiro atoms. The Labute approximate surface area is 123 Å². The van der Waals surface area contributed by atoms with Gasteiger partial charge in [0.15, 0.2) is 0 Å². The highest BCUT2D eigenvalue weighted by Gasteiger charge is 2.20. The smallest absolute Gasteiger partial charge is 0.127 e. The van der Waals surface area contributed by atoms with Crippen LogP contribution in [0.2, 0.25) is 5.02 Å². The summed E-state index contributed by atoms with van der Waals surface area (Å²) in [6.45, 7) is 2.59. The van der Waals surface area contributed by atoms with Crippen LogP contribution in [0.3, 0.4) is 0 Å². The highest BCUT2D eigenvalue weighted by molar-refractivity contribution is 6.33. The molecule has 1 aliphatic rings. The zero-order valence-electron chi connectivity index (χ0n) is 11.4. The molecule has 0 radical (unpaired) electrons. The Bertz CT molecular complexity index is 635. The summed E-state index contributed by atoms with van der Waals surface area (Å²) in [7, 11) is 0. The summed E-state index contributed by atoms with van der Waals surface area (Å²) in [5.41, 5.74) is 3.80. The van der Waals surface area contributed by atoms with Crippen molar-refractivity contribution in [2.24, 2.45) is 0 Å². The summed E-state index contributed by atoms with van der Waals surface area (Å²) in [5, 5.41) is 3.98. The fourth-order valence-corrected chi connectivity index (χ4v) is 2.59. The predicted octanol–water partition coefficient (Wildman–Crippen LogP) is 4.71. The Hall–Kier alpha value is -1.38. The average Bonchev–Trinajstić information content (AvgIpc) is 3.25. The molecule has 0 saturated heterocycles. The van der Waals surface area contributed by atoms with E-state index in [-0.39, 0.29) is 5.82 Å². The Kier molecular flexibility index (Phi) is 3.77. The second-order valence-corrected chi connectivity index (χ2v) is 5.80. The molecule has 0 amide bonds. The lowest BCUT2D eigenvalue weighted by Gasteiger charge is -2.13. The summed E-state index contributed by atoms with van der Waals surface area (Å²) in [5.74, 6) is -0.257. The quantitative estimate of drug-likeness (QED) is 0.860. The Balaban J connectivity index is 1.98. The van der Waals surface area contributed by atoms with Crippen molar-refractivity contribution in [3.8, 4) is 11.1 Å². The molecule has 1 fully saturated rings. The first-order chi connectivity index (χ1) is 9.65. The summed E-state index contributed by atoms with van der Waals surface area (Å²) in [4.78, 5) is 0. The lowest BCUT2D eigenvalue weighted by Crippen LogP contribution is -2.15. The van der Waals surface area contributed by atoms with Crippen molar-refractivity contribution in [3.63, 3.8) is 0 Å². The van der Waals surface area contributed by atoms with Crippen LogP contribution < -0.4 is 5.32 Å². The molecule has 0 aromatic heterocycles. The van der Waals surface area contributed by atoms with Crippen molar-refractivity contribution in [3.05, 3.63) is 58.4 Å². The molecule has 0 heterocycles. The molecule has 0 unspecified atom stereocenters. The van der Waals surface area contributed by atoms with Gasteiger partial charge in [0.2, 0.25) is 0 Å². The van der Waals surface area contributed by atoms with Gasteiger partial charge < -0.3 is 5.32 Å². The summed E-state index contributed by atoms with van der Waals surface area (Å²) < 4.78 is 13.5. The van der Waals surface area contributed by atoms with Crippen molar-refractivity contribution in [2.75, 3.05) is 0 Å². The van der Waals surface area contributed by atoms with Crippen LogP contribution in [0.5, 0.6) is 0 Å². The maximum absolute atomic E-state index is 13.5. The van der Waals surface area contributed by atoms with Crippen molar-refractivity contribution in [1.82, 2.24) is 5.32 Å². The monoisotopic (exact) mass is 289 g/mol. The summed E-state index contributed by atoms with van der Waals surface area (Å²) >= 11 is 6.22. The van der Waals surface area contributed by atoms with E-state index in [9.17, 15) is 4.39 Å². The minimum absolute atomic E-state index is 0.257. The molecule has 20 heavy (non-hydrogen) atoms. The number of halogens is 2. The number of aryl methyl sites for hydroxylation is 1. The summed E-state index contributed by atoms with van der Waals surface area (Å²) in [6.07, 6.45) is 2.52. The van der Waals surface area contributed by atoms with Crippen molar-refractivity contribution in [1.29, 1.82) is 0 Å². The largest absolute Gasteiger partial charge is 0.310 e. The fraction of sp³-hybridized carbons (Fsp3) is 0.294. The van der Waals surface area contributed by atoms with Gasteiger partial charge in [-0.3, -0.25) is 0 Å². The molecule has 0 bridgehead atoms. The van der Waals surface area contributed by atoms with Crippen LogP contribution in [0.1, 0.15) is 24.0 Å². The first kappa shape index (κ1) is 13.6. The van der Waals surface area contributed by atoms with Crippen LogP contribution >= 0.6 is 11.6 Å². The third kappa shape index (κ3) is 2.87. The molecule has 2 aromatic carbocycles. The van der Waals surface area contributed by atoms with Gasteiger partial charge in [0.25, 0.3) is 0 Å². The van der Waals surface area contributed by atoms with Crippen LogP contribution in [0.15, 0.2) is 36.4 Å². The van der Waals surface area contributed by atoms with Gasteiger partial charge in [-0.25, -0.2) is 4.39 Å². The van der Waals surface area contributed by atoms with Crippen molar-refractivity contribution in [2.45, 2.75) is 32.4 Å². The topological polar surface area (TPSA) is 12.0 Å². The lowest BCUT2D eigenvalue weighted by atomic mass is 9.98. The molecule has 1 saturated carbocycles. The Morgan fingerprint density at radius 1 is 1.20 bits per heavy atom. The van der Waals surface area contributed by atoms with Gasteiger partial charge in [0.05, 0.1) is 5.02 Å². The highest BCUT2D eigenvalue weighted by Crippen LogP contribution is 2.33. The van der Waals surface area contributed by atoms with E-state index in [0.29, 0.717) is 16.6 Å². The number of benzene rings is 2. The molecule has 3 heteroatoms. The third-order valence-electron chi connectivity index (χ3n) is 3.71. The number of rotatable bonds is 4. The number of nitrogens with one attached hydrogen (secondary N) is 1. The molecule has 1 aliphatic carbocycles. The second-order valence-electron chi connectivity index (χ2n) is 5.39. The van der Waals surface area contributed by atoms with Gasteiger partial charge in [-0.2, -0.15) is 0 Å². The van der Waals surface area contributed by atoms with E-state index in [4.69, 9.17) is 11.6 Å². The predicted molar refractivity (Wildman–Crippen MR) is 81.4 cm³/mol. The molecule has 104 valence electrons. The van der Waals surface area contributed by atoms with Crippen LogP contribution in [0.25, 0.3) is 11.1 Å². The lowest BCUT2D eigenvalue weighted by molar-refractivity contribution is 0.619. The molecule has 1 N–H and O–H groups in total. The maximum atomic E-state index is 13.5. The zero-order chi connectivity index (χ0) is 14.1. The minimum Gasteiger partial charge on any atom is -0.310 e. The average molecular weight is 290 g/mol. The zero-order valence-corrected chi connectivity index (χ0v) is 12.2. The van der Waals surface area contributed by atoms with Gasteiger partial charge in [-0.15, -0.1) is 0 Å². The summed E-state index contributed by atoms with van der Waals surface area (Å²) in [6, 6.07) is 12.0. The van der Waals surface area contributed by atoms with E-state index in [1.54, 1.807) is 6.92 Å². The SMILES string of the molecule is Cc1cc(-c2ccccc2CNC2CC2)c(Cl)cc1F. The van der Waals surface area contributed by atoms with Crippen LogP contribution in [-0.2, 0) is 6.54 Å². The van der Waals surface area contributed by atoms with Crippen LogP contribution in [0, 0.1) is 12.7 Å².